The minimum absolute atomic E-state index is 0.833. The number of aliphatic carboxylic acids is 1. The van der Waals surface area contributed by atoms with Gasteiger partial charge >= 0.3 is 5.97 Å². The van der Waals surface area contributed by atoms with Crippen molar-refractivity contribution in [2.75, 3.05) is 0 Å². The van der Waals surface area contributed by atoms with Gasteiger partial charge in [-0.05, 0) is 59.3 Å². The molecule has 0 aromatic rings. The van der Waals surface area contributed by atoms with Crippen LogP contribution in [0, 0.1) is 0 Å². The first-order valence-corrected chi connectivity index (χ1v) is 7.28. The Labute approximate surface area is 123 Å². The van der Waals surface area contributed by atoms with Crippen molar-refractivity contribution in [2.45, 2.75) is 59.3 Å². The first-order chi connectivity index (χ1) is 9.45. The zero-order valence-corrected chi connectivity index (χ0v) is 13.1. The van der Waals surface area contributed by atoms with Crippen molar-refractivity contribution in [1.82, 2.24) is 0 Å². The fraction of sp³-hybridized carbons (Fsp3) is 0.500. The molecule has 0 aromatic heterocycles. The fourth-order valence-electron chi connectivity index (χ4n) is 1.94. The van der Waals surface area contributed by atoms with E-state index >= 15 is 0 Å². The lowest BCUT2D eigenvalue weighted by Crippen LogP contribution is -1.84. The van der Waals surface area contributed by atoms with Gasteiger partial charge in [0.15, 0.2) is 0 Å². The van der Waals surface area contributed by atoms with Crippen LogP contribution in [0.2, 0.25) is 0 Å². The summed E-state index contributed by atoms with van der Waals surface area (Å²) < 4.78 is 0. The third kappa shape index (κ3) is 11.5. The first kappa shape index (κ1) is 18.4. The predicted octanol–water partition coefficient (Wildman–Crippen LogP) is 5.44. The van der Waals surface area contributed by atoms with E-state index in [0.717, 1.165) is 6.08 Å². The standard InChI is InChI=1S/C15H24.C3H4O2/c1-13-7-4-9-14(2)11-6-12-15(3)10-5-8-13;1-2-3(4)5/h7,10-11H,4-6,8-9,12H2,1-3H3;2H,1H2,(H,4,5). The molecular weight excluding hydrogens is 248 g/mol. The van der Waals surface area contributed by atoms with Crippen LogP contribution in [0.25, 0.3) is 0 Å². The Morgan fingerprint density at radius 3 is 1.40 bits per heavy atom. The van der Waals surface area contributed by atoms with E-state index < -0.39 is 5.97 Å². The van der Waals surface area contributed by atoms with Crippen LogP contribution in [-0.4, -0.2) is 11.1 Å². The molecule has 0 amide bonds. The highest BCUT2D eigenvalue weighted by atomic mass is 16.4. The van der Waals surface area contributed by atoms with Gasteiger partial charge in [-0.15, -0.1) is 0 Å². The van der Waals surface area contributed by atoms with Crippen LogP contribution >= 0.6 is 0 Å². The molecule has 20 heavy (non-hydrogen) atoms. The van der Waals surface area contributed by atoms with Gasteiger partial charge in [0.2, 0.25) is 0 Å². The van der Waals surface area contributed by atoms with Crippen molar-refractivity contribution >= 4 is 5.97 Å². The molecule has 1 aliphatic carbocycles. The van der Waals surface area contributed by atoms with Gasteiger partial charge in [-0.1, -0.05) is 41.5 Å². The van der Waals surface area contributed by atoms with E-state index in [1.165, 1.54) is 38.5 Å². The molecule has 2 heteroatoms. The van der Waals surface area contributed by atoms with Crippen molar-refractivity contribution in [1.29, 1.82) is 0 Å². The van der Waals surface area contributed by atoms with Gasteiger partial charge in [0.25, 0.3) is 0 Å². The lowest BCUT2D eigenvalue weighted by atomic mass is 10.0. The van der Waals surface area contributed by atoms with Crippen molar-refractivity contribution in [2.24, 2.45) is 0 Å². The number of carboxylic acid groups (broad SMARTS) is 1. The minimum Gasteiger partial charge on any atom is -0.478 e. The van der Waals surface area contributed by atoms with Crippen LogP contribution in [0.5, 0.6) is 0 Å². The Morgan fingerprint density at radius 1 is 0.950 bits per heavy atom. The van der Waals surface area contributed by atoms with Crippen molar-refractivity contribution < 1.29 is 9.90 Å². The number of rotatable bonds is 1. The summed E-state index contributed by atoms with van der Waals surface area (Å²) in [6, 6.07) is 0. The molecule has 1 aliphatic rings. The van der Waals surface area contributed by atoms with E-state index in [1.807, 2.05) is 0 Å². The van der Waals surface area contributed by atoms with Crippen LogP contribution in [0.1, 0.15) is 59.3 Å². The highest BCUT2D eigenvalue weighted by Crippen LogP contribution is 2.15. The molecule has 0 bridgehead atoms. The van der Waals surface area contributed by atoms with Crippen LogP contribution in [0.15, 0.2) is 47.6 Å². The van der Waals surface area contributed by atoms with E-state index in [-0.39, 0.29) is 0 Å². The largest absolute Gasteiger partial charge is 0.478 e. The SMILES string of the molecule is C=CC(=O)O.CC1=CCCC(C)=CCCC(C)=CCC1. The molecular formula is C18H28O2. The zero-order chi connectivity index (χ0) is 15.4. The fourth-order valence-corrected chi connectivity index (χ4v) is 1.94. The quantitative estimate of drug-likeness (QED) is 0.511. The zero-order valence-electron chi connectivity index (χ0n) is 13.1. The van der Waals surface area contributed by atoms with Crippen LogP contribution in [-0.2, 0) is 4.79 Å². The Balaban J connectivity index is 0.000000621. The van der Waals surface area contributed by atoms with Crippen molar-refractivity contribution in [3.05, 3.63) is 47.6 Å². The number of hydrogen-bond donors (Lipinski definition) is 1. The summed E-state index contributed by atoms with van der Waals surface area (Å²) in [5.74, 6) is -0.981. The lowest BCUT2D eigenvalue weighted by Gasteiger charge is -2.05. The van der Waals surface area contributed by atoms with Crippen LogP contribution in [0.3, 0.4) is 0 Å². The summed E-state index contributed by atoms with van der Waals surface area (Å²) in [5, 5.41) is 7.60. The summed E-state index contributed by atoms with van der Waals surface area (Å²) in [4.78, 5) is 9.25. The molecule has 0 radical (unpaired) electrons. The Bertz CT molecular complexity index is 350. The second-order valence-corrected chi connectivity index (χ2v) is 5.31. The van der Waals surface area contributed by atoms with E-state index in [4.69, 9.17) is 5.11 Å². The van der Waals surface area contributed by atoms with E-state index in [1.54, 1.807) is 16.7 Å². The summed E-state index contributed by atoms with van der Waals surface area (Å²) in [5.41, 5.74) is 4.65. The molecule has 0 aliphatic heterocycles. The van der Waals surface area contributed by atoms with Crippen molar-refractivity contribution in [3.8, 4) is 0 Å². The maximum absolute atomic E-state index is 9.25. The van der Waals surface area contributed by atoms with Gasteiger partial charge in [0.1, 0.15) is 0 Å². The molecule has 112 valence electrons. The van der Waals surface area contributed by atoms with Gasteiger partial charge < -0.3 is 5.11 Å². The van der Waals surface area contributed by atoms with Gasteiger partial charge in [-0.2, -0.15) is 0 Å². The summed E-state index contributed by atoms with van der Waals surface area (Å²) in [6.45, 7) is 9.73. The Kier molecular flexibility index (Phi) is 10.4. The lowest BCUT2D eigenvalue weighted by molar-refractivity contribution is -0.131. The third-order valence-electron chi connectivity index (χ3n) is 3.27. The average molecular weight is 276 g/mol. The summed E-state index contributed by atoms with van der Waals surface area (Å²) in [7, 11) is 0. The van der Waals surface area contributed by atoms with Gasteiger partial charge in [0.05, 0.1) is 0 Å². The van der Waals surface area contributed by atoms with E-state index in [2.05, 4.69) is 45.6 Å². The summed E-state index contributed by atoms with van der Waals surface area (Å²) >= 11 is 0. The Hall–Kier alpha value is -1.57. The molecule has 0 saturated heterocycles. The smallest absolute Gasteiger partial charge is 0.327 e. The predicted molar refractivity (Wildman–Crippen MR) is 86.8 cm³/mol. The molecule has 0 saturated carbocycles. The number of carbonyl (C=O) groups is 1. The molecule has 0 fully saturated rings. The molecule has 1 rings (SSSR count). The topological polar surface area (TPSA) is 37.3 Å². The number of hydrogen-bond acceptors (Lipinski definition) is 1. The van der Waals surface area contributed by atoms with Crippen LogP contribution in [0.4, 0.5) is 0 Å². The number of allylic oxidation sites excluding steroid dienone is 6. The molecule has 2 nitrogen and oxygen atoms in total. The normalized spacial score (nSPS) is 17.1. The van der Waals surface area contributed by atoms with Gasteiger partial charge in [-0.25, -0.2) is 4.79 Å². The van der Waals surface area contributed by atoms with Crippen molar-refractivity contribution in [3.63, 3.8) is 0 Å². The Morgan fingerprint density at radius 2 is 1.20 bits per heavy atom. The van der Waals surface area contributed by atoms with Gasteiger partial charge in [-0.3, -0.25) is 0 Å². The molecule has 0 spiro atoms. The molecule has 0 heterocycles. The van der Waals surface area contributed by atoms with E-state index in [9.17, 15) is 4.79 Å². The highest BCUT2D eigenvalue weighted by Gasteiger charge is 1.95. The molecule has 1 N–H and O–H groups in total. The highest BCUT2D eigenvalue weighted by molar-refractivity contribution is 5.78. The van der Waals surface area contributed by atoms with E-state index in [0.29, 0.717) is 0 Å². The second-order valence-electron chi connectivity index (χ2n) is 5.31. The molecule has 0 atom stereocenters. The van der Waals surface area contributed by atoms with Crippen LogP contribution < -0.4 is 0 Å². The first-order valence-electron chi connectivity index (χ1n) is 7.28. The molecule has 0 unspecified atom stereocenters. The third-order valence-corrected chi connectivity index (χ3v) is 3.27. The minimum atomic E-state index is -0.981. The number of carboxylic acids is 1. The maximum Gasteiger partial charge on any atom is 0.327 e. The second kappa shape index (κ2) is 11.3. The van der Waals surface area contributed by atoms with Gasteiger partial charge in [0, 0.05) is 6.08 Å². The monoisotopic (exact) mass is 276 g/mol. The molecule has 0 aromatic carbocycles. The average Bonchev–Trinajstić information content (AvgIpc) is 2.38. The summed E-state index contributed by atoms with van der Waals surface area (Å²) in [6.07, 6.45) is 15.4. The maximum atomic E-state index is 9.25.